The zero-order chi connectivity index (χ0) is 30.5. The van der Waals surface area contributed by atoms with Gasteiger partial charge in [0.1, 0.15) is 28.1 Å². The van der Waals surface area contributed by atoms with Crippen LogP contribution in [0.3, 0.4) is 0 Å². The maximum atomic E-state index is 16.0. The number of fused-ring (bicyclic) bond motifs is 5. The summed E-state index contributed by atoms with van der Waals surface area (Å²) in [7, 11) is 0. The van der Waals surface area contributed by atoms with Crippen LogP contribution in [0.2, 0.25) is 0 Å². The summed E-state index contributed by atoms with van der Waals surface area (Å²) < 4.78 is 36.0. The Morgan fingerprint density at radius 1 is 0.978 bits per heavy atom. The highest BCUT2D eigenvalue weighted by Crippen LogP contribution is 2.47. The van der Waals surface area contributed by atoms with Crippen LogP contribution in [0, 0.1) is 5.82 Å². The van der Waals surface area contributed by atoms with E-state index in [-0.39, 0.29) is 28.3 Å². The number of hydrogen-bond donors (Lipinski definition) is 1. The molecule has 1 aliphatic carbocycles. The largest absolute Gasteiger partial charge is 0.456 e. The smallest absolute Gasteiger partial charge is 0.259 e. The molecule has 3 aliphatic heterocycles. The van der Waals surface area contributed by atoms with Gasteiger partial charge in [0, 0.05) is 55.9 Å². The lowest BCUT2D eigenvalue weighted by atomic mass is 10.0. The van der Waals surface area contributed by atoms with Crippen LogP contribution < -0.4 is 15.5 Å². The Kier molecular flexibility index (Phi) is 7.18. The van der Waals surface area contributed by atoms with Crippen molar-refractivity contribution in [2.45, 2.75) is 32.1 Å². The maximum Gasteiger partial charge on any atom is 0.259 e. The molecule has 0 unspecified atom stereocenters. The van der Waals surface area contributed by atoms with Gasteiger partial charge in [0.15, 0.2) is 17.3 Å². The van der Waals surface area contributed by atoms with Crippen LogP contribution in [0.15, 0.2) is 45.8 Å². The van der Waals surface area contributed by atoms with Crippen molar-refractivity contribution < 1.29 is 23.1 Å². The molecule has 2 fully saturated rings. The number of likely N-dealkylation sites (tertiary alicyclic amines) is 1. The molecule has 0 saturated carbocycles. The molecule has 2 aromatic heterocycles. The van der Waals surface area contributed by atoms with Crippen LogP contribution in [0.25, 0.3) is 39.7 Å². The number of furan rings is 1. The highest BCUT2D eigenvalue weighted by Gasteiger charge is 2.31. The third-order valence-electron chi connectivity index (χ3n) is 9.26. The number of pyridine rings is 1. The van der Waals surface area contributed by atoms with Gasteiger partial charge in [-0.3, -0.25) is 14.5 Å². The molecule has 1 amide bonds. The van der Waals surface area contributed by atoms with Crippen molar-refractivity contribution >= 4 is 45.6 Å². The van der Waals surface area contributed by atoms with E-state index in [1.165, 1.54) is 6.07 Å². The number of morpholine rings is 1. The number of carbonyl (C=O) groups is 1. The summed E-state index contributed by atoms with van der Waals surface area (Å²) in [5.74, 6) is 0.556. The van der Waals surface area contributed by atoms with Crippen LogP contribution in [0.5, 0.6) is 11.5 Å². The van der Waals surface area contributed by atoms with Crippen molar-refractivity contribution in [2.75, 3.05) is 57.8 Å². The molecule has 4 aromatic rings. The fourth-order valence-electron chi connectivity index (χ4n) is 6.91. The molecule has 0 spiro atoms. The molecular weight excluding hydrogens is 575 g/mol. The number of nitrogens with zero attached hydrogens (tertiary/aromatic N) is 3. The maximum absolute atomic E-state index is 16.0. The summed E-state index contributed by atoms with van der Waals surface area (Å²) >= 11 is 0. The number of ether oxygens (including phenoxy) is 2. The lowest BCUT2D eigenvalue weighted by Gasteiger charge is -2.29. The predicted molar refractivity (Wildman–Crippen MR) is 172 cm³/mol. The Bertz CT molecular complexity index is 1950. The Balaban J connectivity index is 1.26. The van der Waals surface area contributed by atoms with Crippen LogP contribution in [-0.2, 0) is 4.74 Å². The van der Waals surface area contributed by atoms with E-state index in [0.717, 1.165) is 81.7 Å². The molecule has 0 radical (unpaired) electrons. The lowest BCUT2D eigenvalue weighted by molar-refractivity contribution is 0.0378. The first-order chi connectivity index (χ1) is 22.1. The predicted octanol–water partition coefficient (Wildman–Crippen LogP) is 6.17. The molecule has 232 valence electrons. The van der Waals surface area contributed by atoms with Crippen molar-refractivity contribution in [3.8, 4) is 17.2 Å². The fraction of sp³-hybridized carbons (Fsp3) is 0.371. The first kappa shape index (κ1) is 28.1. The normalized spacial score (nSPS) is 17.7. The number of hydrogen-bond acceptors (Lipinski definition) is 7. The number of allylic oxidation sites excluding steroid dienone is 2. The highest BCUT2D eigenvalue weighted by molar-refractivity contribution is 6.02. The Labute approximate surface area is 259 Å². The molecule has 0 atom stereocenters. The van der Waals surface area contributed by atoms with Gasteiger partial charge in [-0.2, -0.15) is 0 Å². The summed E-state index contributed by atoms with van der Waals surface area (Å²) in [6.45, 7) is 5.80. The van der Waals surface area contributed by atoms with E-state index in [9.17, 15) is 9.59 Å². The van der Waals surface area contributed by atoms with Crippen LogP contribution in [0.1, 0.15) is 53.8 Å². The van der Waals surface area contributed by atoms with Crippen LogP contribution in [-0.4, -0.2) is 72.8 Å². The number of rotatable bonds is 6. The molecule has 8 rings (SSSR count). The molecule has 0 bridgehead atoms. The Hall–Kier alpha value is -4.41. The number of nitrogens with one attached hydrogen (secondary N) is 1. The number of amides is 1. The van der Waals surface area contributed by atoms with Gasteiger partial charge in [-0.1, -0.05) is 18.2 Å². The van der Waals surface area contributed by atoms with E-state index >= 15 is 4.39 Å². The number of aromatic nitrogens is 1. The van der Waals surface area contributed by atoms with E-state index in [0.29, 0.717) is 42.2 Å². The standard InChI is InChI=1S/C35H35FN4O5/c36-26-18-24-32-34(31(26)37-10-7-11-38-14-16-43-17-15-38)45-30-19-23-22-8-3-1-4-9-28(22)44-29(23)20-27(30)40(32)21-25(33(24)41)35(42)39-12-5-2-6-13-39/h3-4,8-9,18-21,37H,1-2,5-7,10-17H2. The summed E-state index contributed by atoms with van der Waals surface area (Å²) in [5.41, 5.74) is 2.37. The molecule has 9 nitrogen and oxygen atoms in total. The molecule has 10 heteroatoms. The molecule has 4 aliphatic rings. The molecule has 45 heavy (non-hydrogen) atoms. The summed E-state index contributed by atoms with van der Waals surface area (Å²) in [5, 5.41) is 4.24. The molecular formula is C35H35FN4O5. The topological polar surface area (TPSA) is 89.2 Å². The van der Waals surface area contributed by atoms with Gasteiger partial charge < -0.3 is 28.7 Å². The van der Waals surface area contributed by atoms with Crippen molar-refractivity contribution in [1.29, 1.82) is 0 Å². The van der Waals surface area contributed by atoms with E-state index in [1.807, 2.05) is 30.4 Å². The van der Waals surface area contributed by atoms with Gasteiger partial charge in [-0.15, -0.1) is 0 Å². The number of halogens is 1. The zero-order valence-electron chi connectivity index (χ0n) is 25.1. The summed E-state index contributed by atoms with van der Waals surface area (Å²) in [6.07, 6.45) is 14.2. The quantitative estimate of drug-likeness (QED) is 0.230. The van der Waals surface area contributed by atoms with Gasteiger partial charge in [-0.05, 0) is 56.9 Å². The van der Waals surface area contributed by atoms with Crippen molar-refractivity contribution in [1.82, 2.24) is 14.4 Å². The first-order valence-electron chi connectivity index (χ1n) is 15.9. The lowest BCUT2D eigenvalue weighted by Crippen LogP contribution is -2.38. The minimum absolute atomic E-state index is 0.0232. The second kappa shape index (κ2) is 11.5. The van der Waals surface area contributed by atoms with E-state index in [2.05, 4.69) is 16.3 Å². The third kappa shape index (κ3) is 4.92. The zero-order valence-corrected chi connectivity index (χ0v) is 25.1. The number of benzene rings is 2. The van der Waals surface area contributed by atoms with Gasteiger partial charge in [0.2, 0.25) is 5.43 Å². The SMILES string of the molecule is O=C(c1cn2c3c(c(NCCCN4CCOCC4)c(F)cc3c1=O)Oc1cc3c4c(oc3cc1-2)C=CCC=C4)N1CCCCC1. The van der Waals surface area contributed by atoms with Gasteiger partial charge >= 0.3 is 0 Å². The molecule has 2 saturated heterocycles. The van der Waals surface area contributed by atoms with Crippen molar-refractivity contribution in [3.05, 3.63) is 69.5 Å². The van der Waals surface area contributed by atoms with Crippen LogP contribution in [0.4, 0.5) is 10.1 Å². The third-order valence-corrected chi connectivity index (χ3v) is 9.26. The summed E-state index contributed by atoms with van der Waals surface area (Å²) in [6, 6.07) is 5.02. The monoisotopic (exact) mass is 610 g/mol. The minimum atomic E-state index is -0.593. The average Bonchev–Trinajstić information content (AvgIpc) is 3.23. The van der Waals surface area contributed by atoms with Crippen LogP contribution >= 0.6 is 0 Å². The van der Waals surface area contributed by atoms with Gasteiger partial charge in [0.25, 0.3) is 5.91 Å². The minimum Gasteiger partial charge on any atom is -0.456 e. The average molecular weight is 611 g/mol. The Morgan fingerprint density at radius 3 is 2.64 bits per heavy atom. The van der Waals surface area contributed by atoms with E-state index in [4.69, 9.17) is 13.9 Å². The second-order valence-electron chi connectivity index (χ2n) is 12.1. The van der Waals surface area contributed by atoms with E-state index in [1.54, 1.807) is 15.7 Å². The number of piperidine rings is 1. The highest BCUT2D eigenvalue weighted by atomic mass is 19.1. The molecule has 2 aromatic carbocycles. The van der Waals surface area contributed by atoms with E-state index < -0.39 is 11.2 Å². The van der Waals surface area contributed by atoms with Gasteiger partial charge in [0.05, 0.1) is 24.3 Å². The van der Waals surface area contributed by atoms with Gasteiger partial charge in [-0.25, -0.2) is 4.39 Å². The number of carbonyl (C=O) groups excluding carboxylic acids is 1. The second-order valence-corrected chi connectivity index (χ2v) is 12.1. The first-order valence-corrected chi connectivity index (χ1v) is 15.9. The summed E-state index contributed by atoms with van der Waals surface area (Å²) in [4.78, 5) is 31.7. The fourth-order valence-corrected chi connectivity index (χ4v) is 6.91. The molecule has 5 heterocycles. The van der Waals surface area contributed by atoms with Crippen molar-refractivity contribution in [3.63, 3.8) is 0 Å². The van der Waals surface area contributed by atoms with Crippen molar-refractivity contribution in [2.24, 2.45) is 0 Å². The number of anilines is 1. The molecule has 1 N–H and O–H groups in total. The Morgan fingerprint density at radius 2 is 1.80 bits per heavy atom.